The van der Waals surface area contributed by atoms with Crippen molar-refractivity contribution in [3.05, 3.63) is 12.4 Å². The molecule has 0 spiro atoms. The predicted octanol–water partition coefficient (Wildman–Crippen LogP) is 1.70. The van der Waals surface area contributed by atoms with Crippen LogP contribution in [0.1, 0.15) is 26.2 Å². The van der Waals surface area contributed by atoms with E-state index in [0.29, 0.717) is 6.04 Å². The van der Waals surface area contributed by atoms with E-state index in [9.17, 15) is 0 Å². The summed E-state index contributed by atoms with van der Waals surface area (Å²) >= 11 is 1.88. The summed E-state index contributed by atoms with van der Waals surface area (Å²) in [7, 11) is 1.97. The lowest BCUT2D eigenvalue weighted by molar-refractivity contribution is 0.468. The Morgan fingerprint density at radius 3 is 3.09 bits per heavy atom. The second-order valence-electron chi connectivity index (χ2n) is 5.91. The van der Waals surface area contributed by atoms with Gasteiger partial charge in [-0.25, -0.2) is 0 Å². The molecule has 0 aromatic carbocycles. The van der Waals surface area contributed by atoms with Gasteiger partial charge < -0.3 is 15.5 Å². The van der Waals surface area contributed by atoms with Crippen LogP contribution in [-0.4, -0.2) is 60.0 Å². The second kappa shape index (κ2) is 9.70. The lowest BCUT2D eigenvalue weighted by Gasteiger charge is -2.34. The first kappa shape index (κ1) is 18.0. The molecule has 2 N–H and O–H groups in total. The highest BCUT2D eigenvalue weighted by atomic mass is 32.2. The molecule has 0 saturated carbocycles. The minimum absolute atomic E-state index is 0.433. The van der Waals surface area contributed by atoms with Gasteiger partial charge in [0.2, 0.25) is 0 Å². The summed E-state index contributed by atoms with van der Waals surface area (Å²) in [6.07, 6.45) is 9.69. The van der Waals surface area contributed by atoms with Crippen LogP contribution in [0, 0.1) is 0 Å². The van der Waals surface area contributed by atoms with Gasteiger partial charge in [-0.1, -0.05) is 0 Å². The third-order valence-corrected chi connectivity index (χ3v) is 4.64. The molecule has 23 heavy (non-hydrogen) atoms. The highest BCUT2D eigenvalue weighted by Gasteiger charge is 2.21. The van der Waals surface area contributed by atoms with Gasteiger partial charge in [-0.05, 0) is 38.2 Å². The number of piperidine rings is 1. The van der Waals surface area contributed by atoms with Crippen LogP contribution in [0.3, 0.4) is 0 Å². The average Bonchev–Trinajstić information content (AvgIpc) is 2.98. The Labute approximate surface area is 144 Å². The van der Waals surface area contributed by atoms with E-state index in [1.807, 2.05) is 29.7 Å². The Hall–Kier alpha value is -1.37. The number of nitrogens with one attached hydrogen (secondary N) is 2. The number of nitrogens with zero attached hydrogens (tertiary/aromatic N) is 4. The molecule has 0 radical (unpaired) electrons. The Balaban J connectivity index is 1.88. The van der Waals surface area contributed by atoms with Crippen LogP contribution < -0.4 is 15.5 Å². The van der Waals surface area contributed by atoms with E-state index in [2.05, 4.69) is 40.0 Å². The van der Waals surface area contributed by atoms with Gasteiger partial charge in [-0.15, -0.1) is 0 Å². The first-order valence-corrected chi connectivity index (χ1v) is 9.89. The molecule has 0 aliphatic carbocycles. The second-order valence-corrected chi connectivity index (χ2v) is 6.89. The lowest BCUT2D eigenvalue weighted by Crippen LogP contribution is -2.51. The van der Waals surface area contributed by atoms with E-state index < -0.39 is 0 Å². The van der Waals surface area contributed by atoms with Gasteiger partial charge in [0, 0.05) is 45.5 Å². The molecule has 2 rings (SSSR count). The Bertz CT molecular complexity index is 487. The number of aryl methyl sites for hydroxylation is 1. The van der Waals surface area contributed by atoms with Crippen LogP contribution in [0.5, 0.6) is 0 Å². The van der Waals surface area contributed by atoms with E-state index in [1.165, 1.54) is 24.3 Å². The van der Waals surface area contributed by atoms with E-state index >= 15 is 0 Å². The predicted molar refractivity (Wildman–Crippen MR) is 101 cm³/mol. The number of anilines is 1. The Kier molecular flexibility index (Phi) is 7.58. The highest BCUT2D eigenvalue weighted by Crippen LogP contribution is 2.18. The van der Waals surface area contributed by atoms with Crippen LogP contribution in [0.4, 0.5) is 5.69 Å². The van der Waals surface area contributed by atoms with Gasteiger partial charge in [0.1, 0.15) is 0 Å². The third kappa shape index (κ3) is 5.97. The van der Waals surface area contributed by atoms with Gasteiger partial charge in [-0.3, -0.25) is 9.67 Å². The van der Waals surface area contributed by atoms with E-state index in [4.69, 9.17) is 4.99 Å². The Morgan fingerprint density at radius 1 is 1.52 bits per heavy atom. The SMILES string of the molecule is CCNC(=NCCCSC)NC1CCCN(c2cnn(C)c2)C1. The van der Waals surface area contributed by atoms with Gasteiger partial charge in [0.15, 0.2) is 5.96 Å². The molecule has 1 aliphatic rings. The number of hydrogen-bond donors (Lipinski definition) is 2. The molecule has 0 amide bonds. The van der Waals surface area contributed by atoms with Crippen LogP contribution in [0.2, 0.25) is 0 Å². The molecule has 1 aliphatic heterocycles. The normalized spacial score (nSPS) is 19.0. The summed E-state index contributed by atoms with van der Waals surface area (Å²) in [5.41, 5.74) is 1.21. The van der Waals surface area contributed by atoms with Crippen LogP contribution in [-0.2, 0) is 7.05 Å². The molecule has 7 heteroatoms. The monoisotopic (exact) mass is 338 g/mol. The fraction of sp³-hybridized carbons (Fsp3) is 0.750. The first-order chi connectivity index (χ1) is 11.2. The third-order valence-electron chi connectivity index (χ3n) is 3.94. The van der Waals surface area contributed by atoms with Crippen molar-refractivity contribution in [2.75, 3.05) is 43.1 Å². The summed E-state index contributed by atoms with van der Waals surface area (Å²) in [4.78, 5) is 7.10. The number of rotatable bonds is 7. The van der Waals surface area contributed by atoms with Crippen LogP contribution in [0.25, 0.3) is 0 Å². The molecular weight excluding hydrogens is 308 g/mol. The van der Waals surface area contributed by atoms with Gasteiger partial charge >= 0.3 is 0 Å². The number of thioether (sulfide) groups is 1. The summed E-state index contributed by atoms with van der Waals surface area (Å²) < 4.78 is 1.86. The van der Waals surface area contributed by atoms with Crippen LogP contribution in [0.15, 0.2) is 17.4 Å². The van der Waals surface area contributed by atoms with Crippen molar-refractivity contribution in [2.24, 2.45) is 12.0 Å². The summed E-state index contributed by atoms with van der Waals surface area (Å²) in [6, 6.07) is 0.433. The standard InChI is InChI=1S/C16H30N6S/c1-4-17-16(18-8-6-10-23-3)20-14-7-5-9-22(12-14)15-11-19-21(2)13-15/h11,13-14H,4-10,12H2,1-3H3,(H2,17,18,20). The fourth-order valence-electron chi connectivity index (χ4n) is 2.81. The zero-order valence-electron chi connectivity index (χ0n) is 14.6. The largest absolute Gasteiger partial charge is 0.367 e. The van der Waals surface area contributed by atoms with Crippen molar-refractivity contribution in [3.63, 3.8) is 0 Å². The van der Waals surface area contributed by atoms with Crippen molar-refractivity contribution in [3.8, 4) is 0 Å². The van der Waals surface area contributed by atoms with E-state index in [1.54, 1.807) is 0 Å². The maximum atomic E-state index is 4.69. The van der Waals surface area contributed by atoms with Crippen molar-refractivity contribution in [2.45, 2.75) is 32.2 Å². The molecule has 1 saturated heterocycles. The summed E-state index contributed by atoms with van der Waals surface area (Å²) in [5.74, 6) is 2.12. The molecular formula is C16H30N6S. The molecule has 130 valence electrons. The summed E-state index contributed by atoms with van der Waals surface area (Å²) in [6.45, 7) is 6.00. The van der Waals surface area contributed by atoms with Crippen molar-refractivity contribution in [1.29, 1.82) is 0 Å². The maximum absolute atomic E-state index is 4.69. The van der Waals surface area contributed by atoms with Crippen molar-refractivity contribution >= 4 is 23.4 Å². The average molecular weight is 339 g/mol. The zero-order valence-corrected chi connectivity index (χ0v) is 15.4. The van der Waals surface area contributed by atoms with E-state index in [0.717, 1.165) is 38.6 Å². The highest BCUT2D eigenvalue weighted by molar-refractivity contribution is 7.98. The molecule has 1 atom stereocenters. The van der Waals surface area contributed by atoms with Gasteiger partial charge in [0.25, 0.3) is 0 Å². The number of guanidine groups is 1. The van der Waals surface area contributed by atoms with Crippen LogP contribution >= 0.6 is 11.8 Å². The molecule has 6 nitrogen and oxygen atoms in total. The smallest absolute Gasteiger partial charge is 0.191 e. The van der Waals surface area contributed by atoms with Gasteiger partial charge in [-0.2, -0.15) is 16.9 Å². The Morgan fingerprint density at radius 2 is 2.39 bits per heavy atom. The van der Waals surface area contributed by atoms with E-state index in [-0.39, 0.29) is 0 Å². The fourth-order valence-corrected chi connectivity index (χ4v) is 3.23. The minimum Gasteiger partial charge on any atom is -0.367 e. The molecule has 1 aromatic heterocycles. The molecule has 1 fully saturated rings. The van der Waals surface area contributed by atoms with Crippen molar-refractivity contribution < 1.29 is 0 Å². The summed E-state index contributed by atoms with van der Waals surface area (Å²) in [5, 5.41) is 11.2. The maximum Gasteiger partial charge on any atom is 0.191 e. The molecule has 2 heterocycles. The number of aromatic nitrogens is 2. The number of aliphatic imine (C=N–C) groups is 1. The number of hydrogen-bond acceptors (Lipinski definition) is 4. The molecule has 1 aromatic rings. The quantitative estimate of drug-likeness (QED) is 0.450. The van der Waals surface area contributed by atoms with Crippen molar-refractivity contribution in [1.82, 2.24) is 20.4 Å². The minimum atomic E-state index is 0.433. The zero-order chi connectivity index (χ0) is 16.5. The van der Waals surface area contributed by atoms with Gasteiger partial charge in [0.05, 0.1) is 11.9 Å². The first-order valence-electron chi connectivity index (χ1n) is 8.50. The molecule has 0 bridgehead atoms. The molecule has 1 unspecified atom stereocenters. The topological polar surface area (TPSA) is 57.5 Å². The lowest BCUT2D eigenvalue weighted by atomic mass is 10.1.